The molecule has 0 unspecified atom stereocenters. The standard InChI is InChI=1S/C14H17N3OS/c1-9(2)17-13(18)10(3)19-14-11-6-4-5-7-12(11)15-8-16-14/h4-10H,1-3H3,(H,17,18)/t10-/m1/s1. The van der Waals surface area contributed by atoms with E-state index in [1.165, 1.54) is 18.1 Å². The van der Waals surface area contributed by atoms with Crippen molar-refractivity contribution in [1.82, 2.24) is 15.3 Å². The largest absolute Gasteiger partial charge is 0.353 e. The molecule has 0 aliphatic rings. The van der Waals surface area contributed by atoms with E-state index in [1.807, 2.05) is 45.0 Å². The number of carbonyl (C=O) groups is 1. The summed E-state index contributed by atoms with van der Waals surface area (Å²) in [6, 6.07) is 7.97. The molecule has 2 rings (SSSR count). The highest BCUT2D eigenvalue weighted by atomic mass is 32.2. The van der Waals surface area contributed by atoms with Crippen molar-refractivity contribution in [2.24, 2.45) is 0 Å². The first-order valence-electron chi connectivity index (χ1n) is 6.24. The Morgan fingerprint density at radius 3 is 2.68 bits per heavy atom. The summed E-state index contributed by atoms with van der Waals surface area (Å²) in [5, 5.41) is 4.56. The van der Waals surface area contributed by atoms with Gasteiger partial charge in [-0.1, -0.05) is 30.0 Å². The topological polar surface area (TPSA) is 54.9 Å². The van der Waals surface area contributed by atoms with Crippen LogP contribution in [0.25, 0.3) is 10.9 Å². The first-order valence-corrected chi connectivity index (χ1v) is 7.12. The maximum atomic E-state index is 11.9. The third-order valence-corrected chi connectivity index (χ3v) is 3.71. The van der Waals surface area contributed by atoms with Crippen molar-refractivity contribution in [1.29, 1.82) is 0 Å². The lowest BCUT2D eigenvalue weighted by Gasteiger charge is -2.14. The summed E-state index contributed by atoms with van der Waals surface area (Å²) in [5.41, 5.74) is 0.900. The van der Waals surface area contributed by atoms with Crippen LogP contribution in [0.3, 0.4) is 0 Å². The fourth-order valence-electron chi connectivity index (χ4n) is 1.70. The Labute approximate surface area is 117 Å². The molecule has 0 aliphatic heterocycles. The van der Waals surface area contributed by atoms with E-state index >= 15 is 0 Å². The summed E-state index contributed by atoms with van der Waals surface area (Å²) in [4.78, 5) is 20.4. The van der Waals surface area contributed by atoms with Gasteiger partial charge in [0.2, 0.25) is 5.91 Å². The predicted octanol–water partition coefficient (Wildman–Crippen LogP) is 2.64. The maximum Gasteiger partial charge on any atom is 0.233 e. The summed E-state index contributed by atoms with van der Waals surface area (Å²) in [7, 11) is 0. The number of hydrogen-bond acceptors (Lipinski definition) is 4. The molecular formula is C14H17N3OS. The van der Waals surface area contributed by atoms with Crippen molar-refractivity contribution in [2.45, 2.75) is 37.1 Å². The zero-order chi connectivity index (χ0) is 13.8. The Balaban J connectivity index is 2.19. The minimum atomic E-state index is -0.180. The van der Waals surface area contributed by atoms with Gasteiger partial charge < -0.3 is 5.32 Å². The van der Waals surface area contributed by atoms with Crippen molar-refractivity contribution in [3.05, 3.63) is 30.6 Å². The number of aromatic nitrogens is 2. The Hall–Kier alpha value is -1.62. The lowest BCUT2D eigenvalue weighted by atomic mass is 10.2. The third kappa shape index (κ3) is 3.44. The van der Waals surface area contributed by atoms with Crippen LogP contribution in [0.15, 0.2) is 35.6 Å². The van der Waals surface area contributed by atoms with Crippen molar-refractivity contribution in [3.8, 4) is 0 Å². The predicted molar refractivity (Wildman–Crippen MR) is 78.1 cm³/mol. The average Bonchev–Trinajstić information content (AvgIpc) is 2.38. The van der Waals surface area contributed by atoms with Crippen LogP contribution in [0.1, 0.15) is 20.8 Å². The number of hydrogen-bond donors (Lipinski definition) is 1. The van der Waals surface area contributed by atoms with Crippen molar-refractivity contribution < 1.29 is 4.79 Å². The number of carbonyl (C=O) groups excluding carboxylic acids is 1. The van der Waals surface area contributed by atoms with E-state index in [4.69, 9.17) is 0 Å². The van der Waals surface area contributed by atoms with Gasteiger partial charge in [-0.3, -0.25) is 4.79 Å². The lowest BCUT2D eigenvalue weighted by molar-refractivity contribution is -0.120. The quantitative estimate of drug-likeness (QED) is 0.688. The molecule has 100 valence electrons. The normalized spacial score (nSPS) is 12.6. The fraction of sp³-hybridized carbons (Fsp3) is 0.357. The third-order valence-electron chi connectivity index (χ3n) is 2.59. The number of fused-ring (bicyclic) bond motifs is 1. The van der Waals surface area contributed by atoms with Crippen molar-refractivity contribution >= 4 is 28.6 Å². The molecule has 0 saturated heterocycles. The fourth-order valence-corrected chi connectivity index (χ4v) is 2.61. The number of benzene rings is 1. The molecule has 19 heavy (non-hydrogen) atoms. The summed E-state index contributed by atoms with van der Waals surface area (Å²) in [6.45, 7) is 5.80. The van der Waals surface area contributed by atoms with E-state index < -0.39 is 0 Å². The molecule has 1 N–H and O–H groups in total. The van der Waals surface area contributed by atoms with Crippen LogP contribution in [0.5, 0.6) is 0 Å². The van der Waals surface area contributed by atoms with Gasteiger partial charge >= 0.3 is 0 Å². The molecule has 0 saturated carbocycles. The van der Waals surface area contributed by atoms with Gasteiger partial charge in [-0.25, -0.2) is 9.97 Å². The smallest absolute Gasteiger partial charge is 0.233 e. The number of nitrogens with zero attached hydrogens (tertiary/aromatic N) is 2. The first-order chi connectivity index (χ1) is 9.08. The Morgan fingerprint density at radius 1 is 1.21 bits per heavy atom. The number of thioether (sulfide) groups is 1. The second-order valence-electron chi connectivity index (χ2n) is 4.62. The highest BCUT2D eigenvalue weighted by Gasteiger charge is 2.17. The van der Waals surface area contributed by atoms with Crippen LogP contribution in [0.4, 0.5) is 0 Å². The molecule has 2 aromatic rings. The van der Waals surface area contributed by atoms with Gasteiger partial charge in [0, 0.05) is 11.4 Å². The Morgan fingerprint density at radius 2 is 1.95 bits per heavy atom. The molecule has 0 radical (unpaired) electrons. The van der Waals surface area contributed by atoms with Gasteiger partial charge in [0.05, 0.1) is 10.8 Å². The van der Waals surface area contributed by atoms with Crippen LogP contribution in [0, 0.1) is 0 Å². The van der Waals surface area contributed by atoms with Gasteiger partial charge in [0.15, 0.2) is 0 Å². The highest BCUT2D eigenvalue weighted by molar-refractivity contribution is 8.00. The molecule has 0 fully saturated rings. The summed E-state index contributed by atoms with van der Waals surface area (Å²) < 4.78 is 0. The van der Waals surface area contributed by atoms with E-state index in [9.17, 15) is 4.79 Å². The van der Waals surface area contributed by atoms with Crippen LogP contribution in [-0.2, 0) is 4.79 Å². The van der Waals surface area contributed by atoms with Crippen LogP contribution < -0.4 is 5.32 Å². The van der Waals surface area contributed by atoms with Gasteiger partial charge in [0.1, 0.15) is 11.4 Å². The van der Waals surface area contributed by atoms with E-state index in [0.717, 1.165) is 15.9 Å². The van der Waals surface area contributed by atoms with Crippen LogP contribution in [0.2, 0.25) is 0 Å². The molecular weight excluding hydrogens is 258 g/mol. The van der Waals surface area contributed by atoms with Gasteiger partial charge in [0.25, 0.3) is 0 Å². The molecule has 1 heterocycles. The molecule has 1 aromatic carbocycles. The second kappa shape index (κ2) is 6.02. The molecule has 1 aromatic heterocycles. The molecule has 4 nitrogen and oxygen atoms in total. The Kier molecular flexibility index (Phi) is 4.37. The second-order valence-corrected chi connectivity index (χ2v) is 5.95. The van der Waals surface area contributed by atoms with Crippen LogP contribution in [-0.4, -0.2) is 27.2 Å². The number of amides is 1. The summed E-state index contributed by atoms with van der Waals surface area (Å²) in [5.74, 6) is 0.0303. The molecule has 0 bridgehead atoms. The minimum Gasteiger partial charge on any atom is -0.353 e. The van der Waals surface area contributed by atoms with Gasteiger partial charge in [-0.05, 0) is 26.8 Å². The van der Waals surface area contributed by atoms with E-state index in [-0.39, 0.29) is 17.2 Å². The van der Waals surface area contributed by atoms with Gasteiger partial charge in [-0.2, -0.15) is 0 Å². The van der Waals surface area contributed by atoms with E-state index in [1.54, 1.807) is 0 Å². The minimum absolute atomic E-state index is 0.0303. The molecule has 0 spiro atoms. The lowest BCUT2D eigenvalue weighted by Crippen LogP contribution is -2.35. The Bertz CT molecular complexity index is 580. The molecule has 1 atom stereocenters. The van der Waals surface area contributed by atoms with Crippen molar-refractivity contribution in [3.63, 3.8) is 0 Å². The first kappa shape index (κ1) is 13.8. The highest BCUT2D eigenvalue weighted by Crippen LogP contribution is 2.27. The van der Waals surface area contributed by atoms with E-state index in [0.29, 0.717) is 0 Å². The monoisotopic (exact) mass is 275 g/mol. The summed E-state index contributed by atoms with van der Waals surface area (Å²) in [6.07, 6.45) is 1.54. The number of rotatable bonds is 4. The number of para-hydroxylation sites is 1. The average molecular weight is 275 g/mol. The SMILES string of the molecule is CC(C)NC(=O)[C@@H](C)Sc1ncnc2ccccc12. The zero-order valence-electron chi connectivity index (χ0n) is 11.3. The number of nitrogens with one attached hydrogen (secondary N) is 1. The molecule has 1 amide bonds. The van der Waals surface area contributed by atoms with Crippen molar-refractivity contribution in [2.75, 3.05) is 0 Å². The van der Waals surface area contributed by atoms with E-state index in [2.05, 4.69) is 15.3 Å². The van der Waals surface area contributed by atoms with Crippen LogP contribution >= 0.6 is 11.8 Å². The summed E-state index contributed by atoms with van der Waals surface area (Å²) >= 11 is 1.46. The molecule has 0 aliphatic carbocycles. The maximum absolute atomic E-state index is 11.9. The molecule has 5 heteroatoms. The zero-order valence-corrected chi connectivity index (χ0v) is 12.1. The van der Waals surface area contributed by atoms with Gasteiger partial charge in [-0.15, -0.1) is 0 Å².